The minimum Gasteiger partial charge on any atom is -0.487 e. The molecule has 2 fully saturated rings. The first-order valence-corrected chi connectivity index (χ1v) is 10.1. The third-order valence-electron chi connectivity index (χ3n) is 5.59. The molecular formula is C22H26FN3O2. The molecule has 1 amide bonds. The number of ether oxygens (including phenoxy) is 1. The van der Waals surface area contributed by atoms with Gasteiger partial charge in [0.15, 0.2) is 0 Å². The Bertz CT molecular complexity index is 809. The summed E-state index contributed by atoms with van der Waals surface area (Å²) in [6.45, 7) is 4.08. The molecule has 1 aromatic heterocycles. The number of aromatic nitrogens is 1. The molecule has 0 bridgehead atoms. The predicted molar refractivity (Wildman–Crippen MR) is 105 cm³/mol. The average Bonchev–Trinajstić information content (AvgIpc) is 3.39. The first-order valence-electron chi connectivity index (χ1n) is 10.1. The van der Waals surface area contributed by atoms with Crippen molar-refractivity contribution in [2.24, 2.45) is 0 Å². The second kappa shape index (κ2) is 8.69. The smallest absolute Gasteiger partial charge is 0.257 e. The van der Waals surface area contributed by atoms with Crippen LogP contribution < -0.4 is 4.74 Å². The lowest BCUT2D eigenvalue weighted by Crippen LogP contribution is -2.42. The molecule has 2 saturated heterocycles. The first-order chi connectivity index (χ1) is 13.7. The maximum Gasteiger partial charge on any atom is 0.257 e. The Morgan fingerprint density at radius 2 is 2.00 bits per heavy atom. The van der Waals surface area contributed by atoms with Crippen LogP contribution in [0.2, 0.25) is 0 Å². The predicted octanol–water partition coefficient (Wildman–Crippen LogP) is 3.50. The molecule has 2 aromatic rings. The maximum atomic E-state index is 14.7. The number of likely N-dealkylation sites (tertiary alicyclic amines) is 2. The van der Waals surface area contributed by atoms with Crippen LogP contribution in [-0.2, 0) is 6.61 Å². The lowest BCUT2D eigenvalue weighted by Gasteiger charge is -2.28. The Labute approximate surface area is 165 Å². The van der Waals surface area contributed by atoms with Crippen molar-refractivity contribution in [3.8, 4) is 5.75 Å². The van der Waals surface area contributed by atoms with Crippen LogP contribution in [0.25, 0.3) is 0 Å². The monoisotopic (exact) mass is 383 g/mol. The van der Waals surface area contributed by atoms with Crippen LogP contribution in [0.5, 0.6) is 5.75 Å². The zero-order valence-corrected chi connectivity index (χ0v) is 16.0. The number of amides is 1. The standard InChI is InChI=1S/C22H26FN3O2/c23-21-14-19(28-16-17-6-1-2-10-24-17)8-9-20(21)22(27)26-13-5-7-18(26)15-25-11-3-4-12-25/h1-2,6,8-10,14,18H,3-5,7,11-13,15-16H2. The summed E-state index contributed by atoms with van der Waals surface area (Å²) in [4.78, 5) is 21.4. The Morgan fingerprint density at radius 3 is 2.75 bits per heavy atom. The normalized spacial score (nSPS) is 19.9. The summed E-state index contributed by atoms with van der Waals surface area (Å²) >= 11 is 0. The molecule has 6 heteroatoms. The van der Waals surface area contributed by atoms with E-state index in [1.54, 1.807) is 12.3 Å². The largest absolute Gasteiger partial charge is 0.487 e. The lowest BCUT2D eigenvalue weighted by molar-refractivity contribution is 0.0704. The minimum atomic E-state index is -0.532. The molecule has 1 atom stereocenters. The van der Waals surface area contributed by atoms with Crippen LogP contribution in [-0.4, -0.2) is 52.9 Å². The summed E-state index contributed by atoms with van der Waals surface area (Å²) in [5.41, 5.74) is 0.892. The van der Waals surface area contributed by atoms with Crippen molar-refractivity contribution in [3.05, 3.63) is 59.7 Å². The minimum absolute atomic E-state index is 0.124. The summed E-state index contributed by atoms with van der Waals surface area (Å²) in [5.74, 6) is -0.347. The molecule has 0 aliphatic carbocycles. The molecule has 1 unspecified atom stereocenters. The second-order valence-corrected chi connectivity index (χ2v) is 7.55. The van der Waals surface area contributed by atoms with Crippen LogP contribution >= 0.6 is 0 Å². The molecule has 5 nitrogen and oxygen atoms in total. The average molecular weight is 383 g/mol. The van der Waals surface area contributed by atoms with E-state index in [2.05, 4.69) is 9.88 Å². The van der Waals surface area contributed by atoms with Crippen molar-refractivity contribution in [3.63, 3.8) is 0 Å². The fourth-order valence-corrected chi connectivity index (χ4v) is 4.11. The summed E-state index contributed by atoms with van der Waals surface area (Å²) in [7, 11) is 0. The van der Waals surface area contributed by atoms with Crippen molar-refractivity contribution >= 4 is 5.91 Å². The van der Waals surface area contributed by atoms with Gasteiger partial charge in [-0.05, 0) is 63.0 Å². The molecule has 0 saturated carbocycles. The summed E-state index contributed by atoms with van der Waals surface area (Å²) in [5, 5.41) is 0. The van der Waals surface area contributed by atoms with Gasteiger partial charge in [-0.2, -0.15) is 0 Å². The summed E-state index contributed by atoms with van der Waals surface area (Å²) in [6, 6.07) is 10.2. The summed E-state index contributed by atoms with van der Waals surface area (Å²) in [6.07, 6.45) is 6.13. The second-order valence-electron chi connectivity index (χ2n) is 7.55. The molecular weight excluding hydrogens is 357 g/mol. The molecule has 0 N–H and O–H groups in total. The topological polar surface area (TPSA) is 45.7 Å². The number of halogens is 1. The quantitative estimate of drug-likeness (QED) is 0.766. The molecule has 1 aromatic carbocycles. The van der Waals surface area contributed by atoms with Gasteiger partial charge in [0.05, 0.1) is 11.3 Å². The van der Waals surface area contributed by atoms with Gasteiger partial charge in [0, 0.05) is 31.4 Å². The van der Waals surface area contributed by atoms with Crippen LogP contribution in [0, 0.1) is 5.82 Å². The van der Waals surface area contributed by atoms with E-state index in [4.69, 9.17) is 4.74 Å². The van der Waals surface area contributed by atoms with Crippen LogP contribution in [0.1, 0.15) is 41.7 Å². The van der Waals surface area contributed by atoms with Crippen LogP contribution in [0.4, 0.5) is 4.39 Å². The molecule has 3 heterocycles. The molecule has 2 aliphatic rings. The van der Waals surface area contributed by atoms with Crippen molar-refractivity contribution in [2.45, 2.75) is 38.3 Å². The summed E-state index contributed by atoms with van der Waals surface area (Å²) < 4.78 is 20.3. The van der Waals surface area contributed by atoms with Crippen molar-refractivity contribution < 1.29 is 13.9 Å². The van der Waals surface area contributed by atoms with E-state index in [1.165, 1.54) is 25.0 Å². The molecule has 0 radical (unpaired) electrons. The number of hydrogen-bond donors (Lipinski definition) is 0. The zero-order chi connectivity index (χ0) is 19.3. The number of rotatable bonds is 6. The van der Waals surface area contributed by atoms with E-state index >= 15 is 0 Å². The Hall–Kier alpha value is -2.47. The van der Waals surface area contributed by atoms with Gasteiger partial charge in [0.1, 0.15) is 18.2 Å². The number of pyridine rings is 1. The molecule has 0 spiro atoms. The third-order valence-corrected chi connectivity index (χ3v) is 5.59. The van der Waals surface area contributed by atoms with Crippen molar-refractivity contribution in [2.75, 3.05) is 26.2 Å². The van der Waals surface area contributed by atoms with Crippen LogP contribution in [0.15, 0.2) is 42.6 Å². The Morgan fingerprint density at radius 1 is 1.14 bits per heavy atom. The number of nitrogens with zero attached hydrogens (tertiary/aromatic N) is 3. The van der Waals surface area contributed by atoms with E-state index in [-0.39, 0.29) is 24.1 Å². The van der Waals surface area contributed by atoms with Crippen molar-refractivity contribution in [1.82, 2.24) is 14.8 Å². The van der Waals surface area contributed by atoms with Gasteiger partial charge in [0.2, 0.25) is 0 Å². The van der Waals surface area contributed by atoms with Gasteiger partial charge < -0.3 is 14.5 Å². The first kappa shape index (κ1) is 18.9. The van der Waals surface area contributed by atoms with Crippen molar-refractivity contribution in [1.29, 1.82) is 0 Å². The van der Waals surface area contributed by atoms with E-state index in [9.17, 15) is 9.18 Å². The Kier molecular flexibility index (Phi) is 5.86. The van der Waals surface area contributed by atoms with E-state index < -0.39 is 5.82 Å². The fourth-order valence-electron chi connectivity index (χ4n) is 4.11. The van der Waals surface area contributed by atoms with Gasteiger partial charge in [-0.1, -0.05) is 6.07 Å². The molecule has 2 aliphatic heterocycles. The van der Waals surface area contributed by atoms with E-state index in [0.717, 1.165) is 38.2 Å². The lowest BCUT2D eigenvalue weighted by atomic mass is 10.1. The highest BCUT2D eigenvalue weighted by Crippen LogP contribution is 2.25. The number of carbonyl (C=O) groups is 1. The number of hydrogen-bond acceptors (Lipinski definition) is 4. The molecule has 148 valence electrons. The number of carbonyl (C=O) groups excluding carboxylic acids is 1. The van der Waals surface area contributed by atoms with Gasteiger partial charge >= 0.3 is 0 Å². The molecule has 28 heavy (non-hydrogen) atoms. The Balaban J connectivity index is 1.40. The SMILES string of the molecule is O=C(c1ccc(OCc2ccccn2)cc1F)N1CCCC1CN1CCCC1. The maximum absolute atomic E-state index is 14.7. The van der Waals surface area contributed by atoms with Gasteiger partial charge in [-0.25, -0.2) is 4.39 Å². The van der Waals surface area contributed by atoms with E-state index in [0.29, 0.717) is 12.3 Å². The highest BCUT2D eigenvalue weighted by Gasteiger charge is 2.32. The van der Waals surface area contributed by atoms with Gasteiger partial charge in [-0.15, -0.1) is 0 Å². The number of benzene rings is 1. The fraction of sp³-hybridized carbons (Fsp3) is 0.455. The molecule has 4 rings (SSSR count). The van der Waals surface area contributed by atoms with Crippen LogP contribution in [0.3, 0.4) is 0 Å². The zero-order valence-electron chi connectivity index (χ0n) is 16.0. The highest BCUT2D eigenvalue weighted by molar-refractivity contribution is 5.95. The third kappa shape index (κ3) is 4.33. The highest BCUT2D eigenvalue weighted by atomic mass is 19.1. The van der Waals surface area contributed by atoms with Gasteiger partial charge in [0.25, 0.3) is 5.91 Å². The van der Waals surface area contributed by atoms with Gasteiger partial charge in [-0.3, -0.25) is 9.78 Å². The van der Waals surface area contributed by atoms with E-state index in [1.807, 2.05) is 23.1 Å².